The highest BCUT2D eigenvalue weighted by molar-refractivity contribution is 6.36. The van der Waals surface area contributed by atoms with Crippen LogP contribution in [0.5, 0.6) is 0 Å². The molecule has 2 aromatic heterocycles. The number of benzene rings is 1. The molecule has 0 saturated carbocycles. The van der Waals surface area contributed by atoms with Gasteiger partial charge in [-0.3, -0.25) is 0 Å². The third-order valence-electron chi connectivity index (χ3n) is 2.77. The van der Waals surface area contributed by atoms with Gasteiger partial charge in [-0.05, 0) is 17.6 Å². The number of hydrogen-bond acceptors (Lipinski definition) is 3. The Bertz CT molecular complexity index is 802. The lowest BCUT2D eigenvalue weighted by Gasteiger charge is -2.04. The van der Waals surface area contributed by atoms with Gasteiger partial charge in [0.25, 0.3) is 0 Å². The molecule has 0 unspecified atom stereocenters. The van der Waals surface area contributed by atoms with Gasteiger partial charge >= 0.3 is 0 Å². The molecule has 19 heavy (non-hydrogen) atoms. The summed E-state index contributed by atoms with van der Waals surface area (Å²) in [5.74, 6) is 0. The molecule has 1 aromatic carbocycles. The van der Waals surface area contributed by atoms with Gasteiger partial charge in [-0.2, -0.15) is 10.4 Å². The van der Waals surface area contributed by atoms with Crippen LogP contribution in [-0.2, 0) is 0 Å². The third kappa shape index (κ3) is 1.96. The first-order chi connectivity index (χ1) is 9.19. The first-order valence-corrected chi connectivity index (χ1v) is 5.87. The van der Waals surface area contributed by atoms with E-state index in [0.29, 0.717) is 27.5 Å². The summed E-state index contributed by atoms with van der Waals surface area (Å²) < 4.78 is 1.48. The van der Waals surface area contributed by atoms with Gasteiger partial charge in [0, 0.05) is 17.8 Å². The van der Waals surface area contributed by atoms with Crippen molar-refractivity contribution in [3.8, 4) is 17.3 Å². The normalized spacial score (nSPS) is 10.5. The van der Waals surface area contributed by atoms with E-state index in [0.717, 1.165) is 5.56 Å². The van der Waals surface area contributed by atoms with Crippen LogP contribution in [0.4, 0.5) is 0 Å². The third-order valence-corrected chi connectivity index (χ3v) is 3.03. The fourth-order valence-corrected chi connectivity index (χ4v) is 2.03. The summed E-state index contributed by atoms with van der Waals surface area (Å²) in [6, 6.07) is 10.9. The molecule has 3 rings (SSSR count). The lowest BCUT2D eigenvalue weighted by atomic mass is 10.0. The van der Waals surface area contributed by atoms with E-state index in [1.54, 1.807) is 18.2 Å². The summed E-state index contributed by atoms with van der Waals surface area (Å²) in [5, 5.41) is 13.2. The Morgan fingerprint density at radius 3 is 2.68 bits per heavy atom. The van der Waals surface area contributed by atoms with Crippen LogP contribution >= 0.6 is 11.6 Å². The van der Waals surface area contributed by atoms with Crippen molar-refractivity contribution in [2.45, 2.75) is 0 Å². The van der Waals surface area contributed by atoms with Crippen molar-refractivity contribution in [3.63, 3.8) is 0 Å². The highest BCUT2D eigenvalue weighted by Crippen LogP contribution is 2.21. The Labute approximate surface area is 115 Å². The maximum atomic E-state index is 8.78. The lowest BCUT2D eigenvalue weighted by Crippen LogP contribution is -2.04. The highest BCUT2D eigenvalue weighted by atomic mass is 35.5. The van der Waals surface area contributed by atoms with E-state index in [-0.39, 0.29) is 0 Å². The van der Waals surface area contributed by atoms with Crippen LogP contribution in [0.1, 0.15) is 5.56 Å². The van der Waals surface area contributed by atoms with Crippen molar-refractivity contribution in [2.75, 3.05) is 0 Å². The zero-order chi connectivity index (χ0) is 13.4. The monoisotopic (exact) mass is 264 g/mol. The van der Waals surface area contributed by atoms with E-state index in [2.05, 4.69) is 16.2 Å². The zero-order valence-corrected chi connectivity index (χ0v) is 10.5. The summed E-state index contributed by atoms with van der Waals surface area (Å²) in [4.78, 5) is 4.43. The Balaban J connectivity index is 2.19. The van der Waals surface area contributed by atoms with E-state index in [1.807, 2.05) is 12.1 Å². The molecule has 0 N–H and O–H groups in total. The van der Waals surface area contributed by atoms with Crippen molar-refractivity contribution in [2.24, 2.45) is 0 Å². The lowest BCUT2D eigenvalue weighted by molar-refractivity contribution is 0.942. The quantitative estimate of drug-likeness (QED) is 0.497. The predicted octanol–water partition coefficient (Wildman–Crippen LogP) is 1.72. The molecule has 3 aromatic rings. The average Bonchev–Trinajstić information content (AvgIpc) is 2.81. The number of hydrogen-bond donors (Lipinski definition) is 0. The van der Waals surface area contributed by atoms with E-state index in [1.165, 1.54) is 10.7 Å². The van der Waals surface area contributed by atoms with Gasteiger partial charge < -0.3 is 0 Å². The number of fused-ring (bicyclic) bond motifs is 1. The summed E-state index contributed by atoms with van der Waals surface area (Å²) in [5.41, 5.74) is 3.14. The molecule has 0 aliphatic rings. The SMILES string of the molecule is [B]c1cnn2c(Cl)cc(-c3ccc(C#N)cc3)nc12. The molecule has 4 nitrogen and oxygen atoms in total. The van der Waals surface area contributed by atoms with Crippen LogP contribution in [0.3, 0.4) is 0 Å². The summed E-state index contributed by atoms with van der Waals surface area (Å²) in [6.07, 6.45) is 1.51. The molecule has 0 amide bonds. The molecular formula is C13H6BClN4. The van der Waals surface area contributed by atoms with Gasteiger partial charge in [0.1, 0.15) is 18.6 Å². The van der Waals surface area contributed by atoms with Crippen LogP contribution < -0.4 is 5.46 Å². The van der Waals surface area contributed by atoms with Gasteiger partial charge in [-0.1, -0.05) is 23.7 Å². The molecule has 2 heterocycles. The average molecular weight is 264 g/mol. The van der Waals surface area contributed by atoms with E-state index in [4.69, 9.17) is 24.7 Å². The summed E-state index contributed by atoms with van der Waals surface area (Å²) in [6.45, 7) is 0. The number of halogens is 1. The molecule has 88 valence electrons. The predicted molar refractivity (Wildman–Crippen MR) is 73.5 cm³/mol. The van der Waals surface area contributed by atoms with Gasteiger partial charge in [0.15, 0.2) is 0 Å². The van der Waals surface area contributed by atoms with Crippen LogP contribution in [-0.4, -0.2) is 22.4 Å². The van der Waals surface area contributed by atoms with Gasteiger partial charge in [0.05, 0.1) is 17.3 Å². The smallest absolute Gasteiger partial charge is 0.150 e. The number of rotatable bonds is 1. The van der Waals surface area contributed by atoms with Crippen LogP contribution in [0.25, 0.3) is 16.9 Å². The Morgan fingerprint density at radius 1 is 1.26 bits per heavy atom. The minimum Gasteiger partial charge on any atom is -0.229 e. The second kappa shape index (κ2) is 4.41. The van der Waals surface area contributed by atoms with Crippen molar-refractivity contribution in [1.82, 2.24) is 14.6 Å². The minimum absolute atomic E-state index is 0.432. The second-order valence-corrected chi connectivity index (χ2v) is 4.38. The molecule has 0 bridgehead atoms. The summed E-state index contributed by atoms with van der Waals surface area (Å²) >= 11 is 6.14. The van der Waals surface area contributed by atoms with Crippen LogP contribution in [0.2, 0.25) is 5.15 Å². The maximum absolute atomic E-state index is 8.78. The van der Waals surface area contributed by atoms with Crippen molar-refractivity contribution in [1.29, 1.82) is 5.26 Å². The van der Waals surface area contributed by atoms with Gasteiger partial charge in [-0.25, -0.2) is 9.50 Å². The van der Waals surface area contributed by atoms with Crippen molar-refractivity contribution in [3.05, 3.63) is 47.2 Å². The molecule has 0 atom stereocenters. The first kappa shape index (κ1) is 11.8. The largest absolute Gasteiger partial charge is 0.229 e. The fraction of sp³-hybridized carbons (Fsp3) is 0. The fourth-order valence-electron chi connectivity index (χ4n) is 1.81. The molecule has 2 radical (unpaired) electrons. The molecular weight excluding hydrogens is 258 g/mol. The standard InChI is InChI=1S/C13H6BClN4/c14-10-7-17-19-12(15)5-11(18-13(10)19)9-3-1-8(6-16)2-4-9/h1-5,7H. The Kier molecular flexibility index (Phi) is 2.73. The van der Waals surface area contributed by atoms with Crippen LogP contribution in [0, 0.1) is 11.3 Å². The number of nitriles is 1. The molecule has 0 spiro atoms. The molecule has 0 fully saturated rings. The second-order valence-electron chi connectivity index (χ2n) is 3.99. The van der Waals surface area contributed by atoms with Crippen molar-refractivity contribution >= 4 is 30.6 Å². The van der Waals surface area contributed by atoms with Gasteiger partial charge in [0.2, 0.25) is 0 Å². The molecule has 0 aliphatic heterocycles. The Morgan fingerprint density at radius 2 is 2.00 bits per heavy atom. The number of nitrogens with zero attached hydrogens (tertiary/aromatic N) is 4. The first-order valence-electron chi connectivity index (χ1n) is 5.49. The molecule has 0 aliphatic carbocycles. The van der Waals surface area contributed by atoms with E-state index in [9.17, 15) is 0 Å². The van der Waals surface area contributed by atoms with Crippen LogP contribution in [0.15, 0.2) is 36.5 Å². The molecule has 0 saturated heterocycles. The van der Waals surface area contributed by atoms with Gasteiger partial charge in [-0.15, -0.1) is 0 Å². The number of aromatic nitrogens is 3. The maximum Gasteiger partial charge on any atom is 0.150 e. The highest BCUT2D eigenvalue weighted by Gasteiger charge is 2.08. The van der Waals surface area contributed by atoms with E-state index >= 15 is 0 Å². The summed E-state index contributed by atoms with van der Waals surface area (Å²) in [7, 11) is 5.79. The Hall–Kier alpha value is -2.32. The topological polar surface area (TPSA) is 54.0 Å². The van der Waals surface area contributed by atoms with Crippen molar-refractivity contribution < 1.29 is 0 Å². The van der Waals surface area contributed by atoms with E-state index < -0.39 is 0 Å². The zero-order valence-electron chi connectivity index (χ0n) is 9.71. The minimum atomic E-state index is 0.432. The molecule has 6 heteroatoms.